The van der Waals surface area contributed by atoms with Crippen LogP contribution >= 0.6 is 24.6 Å². The van der Waals surface area contributed by atoms with Crippen molar-refractivity contribution in [3.05, 3.63) is 0 Å². The predicted octanol–water partition coefficient (Wildman–Crippen LogP) is 0.857. The number of halogens is 1. The molecule has 16 heavy (non-hydrogen) atoms. The van der Waals surface area contributed by atoms with Gasteiger partial charge in [0.05, 0.1) is 6.54 Å². The van der Waals surface area contributed by atoms with Gasteiger partial charge in [-0.05, 0) is 38.3 Å². The van der Waals surface area contributed by atoms with E-state index in [9.17, 15) is 4.79 Å². The summed E-state index contributed by atoms with van der Waals surface area (Å²) in [5, 5.41) is 3.46. The van der Waals surface area contributed by atoms with Crippen molar-refractivity contribution < 1.29 is 4.79 Å². The van der Waals surface area contributed by atoms with Crippen LogP contribution in [0, 0.1) is 0 Å². The normalized spacial score (nSPS) is 15.3. The van der Waals surface area contributed by atoms with E-state index in [2.05, 4.69) is 24.1 Å². The van der Waals surface area contributed by atoms with E-state index in [0.29, 0.717) is 11.7 Å². The summed E-state index contributed by atoms with van der Waals surface area (Å²) in [6.45, 7) is 8.55. The Morgan fingerprint density at radius 2 is 2.06 bits per heavy atom. The van der Waals surface area contributed by atoms with Gasteiger partial charge in [0.1, 0.15) is 0 Å². The Morgan fingerprint density at radius 1 is 1.44 bits per heavy atom. The number of nitrogens with one attached hydrogen (secondary N) is 1. The highest BCUT2D eigenvalue weighted by Gasteiger charge is 2.24. The Kier molecular flexibility index (Phi) is 7.62. The molecular weight excluding hydrogens is 246 g/mol. The zero-order valence-corrected chi connectivity index (χ0v) is 11.5. The zero-order chi connectivity index (χ0) is 11.3. The number of amides is 1. The first kappa shape index (κ1) is 15.6. The van der Waals surface area contributed by atoms with E-state index in [0.717, 1.165) is 32.6 Å². The summed E-state index contributed by atoms with van der Waals surface area (Å²) in [6, 6.07) is 0. The molecule has 0 aromatic carbocycles. The molecule has 0 spiro atoms. The first-order valence-electron chi connectivity index (χ1n) is 5.49. The molecule has 94 valence electrons. The Morgan fingerprint density at radius 3 is 2.50 bits per heavy atom. The molecule has 0 unspecified atom stereocenters. The third kappa shape index (κ3) is 4.23. The highest BCUT2D eigenvalue weighted by Crippen LogP contribution is 2.01. The van der Waals surface area contributed by atoms with E-state index in [1.165, 1.54) is 0 Å². The molecule has 0 aromatic heterocycles. The largest absolute Gasteiger partial charge is 0.353 e. The number of carbonyl (C=O) groups excluding carboxylic acids is 1. The maximum atomic E-state index is 11.4. The second-order valence-electron chi connectivity index (χ2n) is 3.58. The van der Waals surface area contributed by atoms with Crippen LogP contribution in [0.5, 0.6) is 0 Å². The summed E-state index contributed by atoms with van der Waals surface area (Å²) >= 11 is 5.03. The summed E-state index contributed by atoms with van der Waals surface area (Å²) in [7, 11) is 0. The Hall–Kier alpha value is -0.390. The average molecular weight is 266 g/mol. The Balaban J connectivity index is 0.00000225. The van der Waals surface area contributed by atoms with Crippen molar-refractivity contribution in [2.75, 3.05) is 32.7 Å². The minimum absolute atomic E-state index is 0. The number of hydrogen-bond donors (Lipinski definition) is 1. The summed E-state index contributed by atoms with van der Waals surface area (Å²) in [4.78, 5) is 15.4. The number of thiocarbonyl (C=S) groups is 1. The summed E-state index contributed by atoms with van der Waals surface area (Å²) < 4.78 is 0. The third-order valence-corrected chi connectivity index (χ3v) is 3.05. The minimum Gasteiger partial charge on any atom is -0.353 e. The van der Waals surface area contributed by atoms with Crippen molar-refractivity contribution in [3.63, 3.8) is 0 Å². The molecule has 1 heterocycles. The zero-order valence-electron chi connectivity index (χ0n) is 9.86. The van der Waals surface area contributed by atoms with Crippen LogP contribution in [0.15, 0.2) is 0 Å². The summed E-state index contributed by atoms with van der Waals surface area (Å²) in [5.74, 6) is 0.0968. The van der Waals surface area contributed by atoms with Crippen LogP contribution in [0.25, 0.3) is 0 Å². The average Bonchev–Trinajstić information content (AvgIpc) is 2.55. The van der Waals surface area contributed by atoms with Crippen molar-refractivity contribution in [2.45, 2.75) is 20.3 Å². The van der Waals surface area contributed by atoms with Gasteiger partial charge in [-0.25, -0.2) is 0 Å². The van der Waals surface area contributed by atoms with Crippen molar-refractivity contribution >= 4 is 35.6 Å². The lowest BCUT2D eigenvalue weighted by Crippen LogP contribution is -2.34. The molecule has 0 saturated carbocycles. The minimum atomic E-state index is 0. The quantitative estimate of drug-likeness (QED) is 0.723. The molecule has 1 rings (SSSR count). The maximum Gasteiger partial charge on any atom is 0.248 e. The lowest BCUT2D eigenvalue weighted by molar-refractivity contribution is -0.124. The van der Waals surface area contributed by atoms with Crippen molar-refractivity contribution in [1.82, 2.24) is 15.1 Å². The van der Waals surface area contributed by atoms with Crippen LogP contribution in [-0.2, 0) is 4.79 Å². The van der Waals surface area contributed by atoms with Crippen LogP contribution in [-0.4, -0.2) is 53.5 Å². The first-order valence-corrected chi connectivity index (χ1v) is 5.90. The van der Waals surface area contributed by atoms with Crippen LogP contribution in [0.1, 0.15) is 20.3 Å². The van der Waals surface area contributed by atoms with Gasteiger partial charge in [-0.3, -0.25) is 9.69 Å². The van der Waals surface area contributed by atoms with E-state index < -0.39 is 0 Å². The molecule has 1 fully saturated rings. The van der Waals surface area contributed by atoms with Gasteiger partial charge in [0.2, 0.25) is 5.91 Å². The topological polar surface area (TPSA) is 35.6 Å². The molecule has 4 nitrogen and oxygen atoms in total. The molecule has 0 aliphatic carbocycles. The highest BCUT2D eigenvalue weighted by atomic mass is 35.5. The fourth-order valence-electron chi connectivity index (χ4n) is 1.67. The second-order valence-corrected chi connectivity index (χ2v) is 3.97. The molecular formula is C10H20ClN3OS. The van der Waals surface area contributed by atoms with Crippen LogP contribution < -0.4 is 5.32 Å². The third-order valence-electron chi connectivity index (χ3n) is 2.69. The van der Waals surface area contributed by atoms with Crippen LogP contribution in [0.4, 0.5) is 0 Å². The molecule has 1 amide bonds. The van der Waals surface area contributed by atoms with Crippen LogP contribution in [0.3, 0.4) is 0 Å². The van der Waals surface area contributed by atoms with Gasteiger partial charge in [0.15, 0.2) is 5.11 Å². The predicted molar refractivity (Wildman–Crippen MR) is 72.0 cm³/mol. The molecule has 0 radical (unpaired) electrons. The molecule has 0 aromatic rings. The van der Waals surface area contributed by atoms with Crippen molar-refractivity contribution in [1.29, 1.82) is 0 Å². The fraction of sp³-hybridized carbons (Fsp3) is 0.800. The molecule has 1 N–H and O–H groups in total. The second kappa shape index (κ2) is 7.81. The number of hydrogen-bond acceptors (Lipinski definition) is 3. The Labute approximate surface area is 109 Å². The molecule has 1 saturated heterocycles. The van der Waals surface area contributed by atoms with Gasteiger partial charge in [0.25, 0.3) is 0 Å². The van der Waals surface area contributed by atoms with Crippen LogP contribution in [0.2, 0.25) is 0 Å². The lowest BCUT2D eigenvalue weighted by atomic mass is 10.3. The molecule has 1 aliphatic rings. The molecule has 6 heteroatoms. The van der Waals surface area contributed by atoms with Gasteiger partial charge in [-0.1, -0.05) is 13.8 Å². The fourth-order valence-corrected chi connectivity index (χ4v) is 1.94. The lowest BCUT2D eigenvalue weighted by Gasteiger charge is -2.20. The van der Waals surface area contributed by atoms with Crippen molar-refractivity contribution in [2.24, 2.45) is 0 Å². The number of rotatable bonds is 6. The molecule has 1 aliphatic heterocycles. The van der Waals surface area contributed by atoms with Gasteiger partial charge in [-0.15, -0.1) is 12.4 Å². The van der Waals surface area contributed by atoms with Gasteiger partial charge in [-0.2, -0.15) is 0 Å². The molecule has 0 atom stereocenters. The highest BCUT2D eigenvalue weighted by molar-refractivity contribution is 7.80. The van der Waals surface area contributed by atoms with E-state index in [4.69, 9.17) is 12.2 Å². The van der Waals surface area contributed by atoms with E-state index in [1.807, 2.05) is 0 Å². The molecule has 0 bridgehead atoms. The first-order chi connectivity index (χ1) is 7.19. The van der Waals surface area contributed by atoms with E-state index in [-0.39, 0.29) is 18.3 Å². The maximum absolute atomic E-state index is 11.4. The number of carbonyl (C=O) groups is 1. The summed E-state index contributed by atoms with van der Waals surface area (Å²) in [5.41, 5.74) is 0. The monoisotopic (exact) mass is 265 g/mol. The van der Waals surface area contributed by atoms with Gasteiger partial charge >= 0.3 is 0 Å². The summed E-state index contributed by atoms with van der Waals surface area (Å²) in [6.07, 6.45) is 0.981. The SMILES string of the molecule is CCN(CC)CCCN1C(=O)CNC1=S.Cl. The Bertz CT molecular complexity index is 230. The smallest absolute Gasteiger partial charge is 0.248 e. The van der Waals surface area contributed by atoms with E-state index in [1.54, 1.807) is 4.90 Å². The number of nitrogens with zero attached hydrogens (tertiary/aromatic N) is 2. The van der Waals surface area contributed by atoms with Gasteiger partial charge in [0, 0.05) is 6.54 Å². The van der Waals surface area contributed by atoms with Crippen molar-refractivity contribution in [3.8, 4) is 0 Å². The standard InChI is InChI=1S/C10H19N3OS.ClH/c1-3-12(4-2)6-5-7-13-9(14)8-11-10(13)15;/h3-8H2,1-2H3,(H,11,15);1H. The van der Waals surface area contributed by atoms with Gasteiger partial charge < -0.3 is 10.2 Å². The van der Waals surface area contributed by atoms with E-state index >= 15 is 0 Å².